The molecule has 3 heteroatoms. The van der Waals surface area contributed by atoms with E-state index in [0.717, 1.165) is 32.8 Å². The molecule has 0 aliphatic carbocycles. The zero-order chi connectivity index (χ0) is 11.7. The van der Waals surface area contributed by atoms with Crippen molar-refractivity contribution in [3.8, 4) is 0 Å². The van der Waals surface area contributed by atoms with Gasteiger partial charge in [0.15, 0.2) is 0 Å². The molecule has 1 saturated heterocycles. The molecule has 0 radical (unpaired) electrons. The monoisotopic (exact) mass is 232 g/mol. The average Bonchev–Trinajstić information content (AvgIpc) is 2.69. The van der Waals surface area contributed by atoms with Gasteiger partial charge in [-0.15, -0.1) is 0 Å². The Morgan fingerprint density at radius 3 is 2.82 bits per heavy atom. The quantitative estimate of drug-likeness (QED) is 0.769. The molecule has 2 aliphatic heterocycles. The number of benzene rings is 1. The molecule has 0 aromatic heterocycles. The molecule has 0 N–H and O–H groups in total. The molecule has 0 amide bonds. The lowest BCUT2D eigenvalue weighted by molar-refractivity contribution is 0.0356. The molecule has 1 aromatic rings. The standard InChI is InChI=1S/C14H20N2O/c1-15-10-12(11-16-6-8-17-9-7-16)13-4-2-3-5-14(13)15/h2-5,12H,6-11H2,1H3. The maximum atomic E-state index is 5.40. The number of hydrogen-bond acceptors (Lipinski definition) is 3. The predicted octanol–water partition coefficient (Wildman–Crippen LogP) is 1.55. The molecule has 0 bridgehead atoms. The molecule has 3 nitrogen and oxygen atoms in total. The fourth-order valence-electron chi connectivity index (χ4n) is 2.96. The SMILES string of the molecule is CN1CC(CN2CCOCC2)c2ccccc21. The van der Waals surface area contributed by atoms with Gasteiger partial charge in [-0.25, -0.2) is 0 Å². The molecule has 2 heterocycles. The van der Waals surface area contributed by atoms with Gasteiger partial charge >= 0.3 is 0 Å². The van der Waals surface area contributed by atoms with Gasteiger partial charge < -0.3 is 9.64 Å². The third-order valence-electron chi connectivity index (χ3n) is 3.86. The highest BCUT2D eigenvalue weighted by Crippen LogP contribution is 2.35. The first-order valence-corrected chi connectivity index (χ1v) is 6.45. The van der Waals surface area contributed by atoms with E-state index >= 15 is 0 Å². The van der Waals surface area contributed by atoms with Crippen molar-refractivity contribution in [3.63, 3.8) is 0 Å². The van der Waals surface area contributed by atoms with Crippen LogP contribution < -0.4 is 4.90 Å². The van der Waals surface area contributed by atoms with Crippen LogP contribution >= 0.6 is 0 Å². The number of fused-ring (bicyclic) bond motifs is 1. The van der Waals surface area contributed by atoms with Crippen molar-refractivity contribution in [2.75, 3.05) is 51.3 Å². The van der Waals surface area contributed by atoms with E-state index in [1.54, 1.807) is 0 Å². The molecule has 1 atom stereocenters. The summed E-state index contributed by atoms with van der Waals surface area (Å²) in [6.45, 7) is 6.28. The van der Waals surface area contributed by atoms with E-state index in [0.29, 0.717) is 5.92 Å². The number of likely N-dealkylation sites (N-methyl/N-ethyl adjacent to an activating group) is 1. The lowest BCUT2D eigenvalue weighted by Crippen LogP contribution is -2.39. The van der Waals surface area contributed by atoms with Gasteiger partial charge in [0.05, 0.1) is 13.2 Å². The number of nitrogens with zero attached hydrogens (tertiary/aromatic N) is 2. The Bertz CT molecular complexity index is 388. The summed E-state index contributed by atoms with van der Waals surface area (Å²) in [7, 11) is 2.19. The smallest absolute Gasteiger partial charge is 0.0594 e. The van der Waals surface area contributed by atoms with Crippen LogP contribution in [0.15, 0.2) is 24.3 Å². The maximum absolute atomic E-state index is 5.40. The summed E-state index contributed by atoms with van der Waals surface area (Å²) in [5.74, 6) is 0.661. The first-order valence-electron chi connectivity index (χ1n) is 6.45. The van der Waals surface area contributed by atoms with Crippen molar-refractivity contribution < 1.29 is 4.74 Å². The van der Waals surface area contributed by atoms with Crippen LogP contribution in [0.25, 0.3) is 0 Å². The van der Waals surface area contributed by atoms with Crippen molar-refractivity contribution in [2.45, 2.75) is 5.92 Å². The Morgan fingerprint density at radius 1 is 1.24 bits per heavy atom. The van der Waals surface area contributed by atoms with Gasteiger partial charge in [0, 0.05) is 44.8 Å². The van der Waals surface area contributed by atoms with E-state index < -0.39 is 0 Å². The number of rotatable bonds is 2. The molecular weight excluding hydrogens is 212 g/mol. The van der Waals surface area contributed by atoms with Crippen LogP contribution in [0.4, 0.5) is 5.69 Å². The second kappa shape index (κ2) is 4.67. The third-order valence-corrected chi connectivity index (χ3v) is 3.86. The van der Waals surface area contributed by atoms with Crippen LogP contribution in [0.5, 0.6) is 0 Å². The first kappa shape index (κ1) is 11.1. The summed E-state index contributed by atoms with van der Waals surface area (Å²) in [6.07, 6.45) is 0. The van der Waals surface area contributed by atoms with Gasteiger partial charge in [-0.1, -0.05) is 18.2 Å². The van der Waals surface area contributed by atoms with E-state index in [9.17, 15) is 0 Å². The lowest BCUT2D eigenvalue weighted by Gasteiger charge is -2.29. The van der Waals surface area contributed by atoms with E-state index in [2.05, 4.69) is 41.1 Å². The van der Waals surface area contributed by atoms with Gasteiger partial charge in [-0.2, -0.15) is 0 Å². The van der Waals surface area contributed by atoms with Crippen LogP contribution in [0.2, 0.25) is 0 Å². The van der Waals surface area contributed by atoms with Crippen LogP contribution in [0.1, 0.15) is 11.5 Å². The fraction of sp³-hybridized carbons (Fsp3) is 0.571. The summed E-state index contributed by atoms with van der Waals surface area (Å²) in [5, 5.41) is 0. The Balaban J connectivity index is 1.72. The topological polar surface area (TPSA) is 15.7 Å². The molecule has 1 fully saturated rings. The van der Waals surface area contributed by atoms with Crippen molar-refractivity contribution in [1.82, 2.24) is 4.90 Å². The highest BCUT2D eigenvalue weighted by molar-refractivity contribution is 5.59. The average molecular weight is 232 g/mol. The molecule has 0 spiro atoms. The Morgan fingerprint density at radius 2 is 2.00 bits per heavy atom. The molecular formula is C14H20N2O. The van der Waals surface area contributed by atoms with E-state index in [-0.39, 0.29) is 0 Å². The highest BCUT2D eigenvalue weighted by atomic mass is 16.5. The second-order valence-corrected chi connectivity index (χ2v) is 5.05. The Kier molecular flexibility index (Phi) is 3.04. The summed E-state index contributed by atoms with van der Waals surface area (Å²) < 4.78 is 5.40. The van der Waals surface area contributed by atoms with Crippen molar-refractivity contribution >= 4 is 5.69 Å². The van der Waals surface area contributed by atoms with Crippen LogP contribution in [-0.4, -0.2) is 51.3 Å². The third kappa shape index (κ3) is 2.17. The number of ether oxygens (including phenoxy) is 1. The van der Waals surface area contributed by atoms with Crippen molar-refractivity contribution in [3.05, 3.63) is 29.8 Å². The Hall–Kier alpha value is -1.06. The summed E-state index contributed by atoms with van der Waals surface area (Å²) in [6, 6.07) is 8.80. The molecule has 0 saturated carbocycles. The zero-order valence-corrected chi connectivity index (χ0v) is 10.4. The number of para-hydroxylation sites is 1. The maximum Gasteiger partial charge on any atom is 0.0594 e. The number of morpholine rings is 1. The van der Waals surface area contributed by atoms with E-state index in [1.165, 1.54) is 17.8 Å². The first-order chi connectivity index (χ1) is 8.34. The van der Waals surface area contributed by atoms with Gasteiger partial charge in [0.2, 0.25) is 0 Å². The zero-order valence-electron chi connectivity index (χ0n) is 10.4. The lowest BCUT2D eigenvalue weighted by atomic mass is 10.0. The van der Waals surface area contributed by atoms with Crippen LogP contribution in [-0.2, 0) is 4.74 Å². The second-order valence-electron chi connectivity index (χ2n) is 5.05. The normalized spacial score (nSPS) is 25.0. The molecule has 2 aliphatic rings. The van der Waals surface area contributed by atoms with Crippen LogP contribution in [0.3, 0.4) is 0 Å². The minimum atomic E-state index is 0.661. The molecule has 3 rings (SSSR count). The summed E-state index contributed by atoms with van der Waals surface area (Å²) in [5.41, 5.74) is 2.92. The molecule has 1 unspecified atom stereocenters. The van der Waals surface area contributed by atoms with Crippen molar-refractivity contribution in [2.24, 2.45) is 0 Å². The fourth-order valence-corrected chi connectivity index (χ4v) is 2.96. The molecule has 92 valence electrons. The van der Waals surface area contributed by atoms with Crippen molar-refractivity contribution in [1.29, 1.82) is 0 Å². The minimum absolute atomic E-state index is 0.661. The predicted molar refractivity (Wildman–Crippen MR) is 69.7 cm³/mol. The Labute approximate surface area is 103 Å². The number of hydrogen-bond donors (Lipinski definition) is 0. The van der Waals surface area contributed by atoms with Crippen LogP contribution in [0, 0.1) is 0 Å². The molecule has 17 heavy (non-hydrogen) atoms. The molecule has 1 aromatic carbocycles. The minimum Gasteiger partial charge on any atom is -0.379 e. The van der Waals surface area contributed by atoms with Gasteiger partial charge in [-0.3, -0.25) is 4.90 Å². The van der Waals surface area contributed by atoms with E-state index in [1.807, 2.05) is 0 Å². The largest absolute Gasteiger partial charge is 0.379 e. The van der Waals surface area contributed by atoms with Gasteiger partial charge in [0.1, 0.15) is 0 Å². The summed E-state index contributed by atoms with van der Waals surface area (Å²) in [4.78, 5) is 4.91. The van der Waals surface area contributed by atoms with Gasteiger partial charge in [-0.05, 0) is 11.6 Å². The number of anilines is 1. The van der Waals surface area contributed by atoms with E-state index in [4.69, 9.17) is 4.74 Å². The van der Waals surface area contributed by atoms with Gasteiger partial charge in [0.25, 0.3) is 0 Å². The summed E-state index contributed by atoms with van der Waals surface area (Å²) >= 11 is 0. The highest BCUT2D eigenvalue weighted by Gasteiger charge is 2.27.